The monoisotopic (exact) mass is 270 g/mol. The largest absolute Gasteiger partial charge is 0.364 e. The van der Waals surface area contributed by atoms with E-state index >= 15 is 0 Å². The Kier molecular flexibility index (Phi) is 3.16. The lowest BCUT2D eigenvalue weighted by Gasteiger charge is -2.09. The molecule has 4 nitrogen and oxygen atoms in total. The van der Waals surface area contributed by atoms with Gasteiger partial charge >= 0.3 is 0 Å². The average Bonchev–Trinajstić information content (AvgIpc) is 2.43. The Bertz CT molecular complexity index is 710. The second-order valence-corrected chi connectivity index (χ2v) is 4.81. The van der Waals surface area contributed by atoms with Crippen LogP contribution in [0.1, 0.15) is 23.7 Å². The fourth-order valence-corrected chi connectivity index (χ4v) is 2.36. The zero-order valence-electron chi connectivity index (χ0n) is 10.6. The normalized spacial score (nSPS) is 11.9. The van der Waals surface area contributed by atoms with Crippen LogP contribution in [-0.2, 0) is 0 Å². The van der Waals surface area contributed by atoms with Gasteiger partial charge in [0.25, 0.3) is 0 Å². The van der Waals surface area contributed by atoms with Gasteiger partial charge < -0.3 is 20.4 Å². The number of rotatable bonds is 2. The lowest BCUT2D eigenvalue weighted by Crippen LogP contribution is -1.95. The van der Waals surface area contributed by atoms with E-state index in [1.54, 1.807) is 24.3 Å². The minimum atomic E-state index is -1.48. The van der Waals surface area contributed by atoms with Gasteiger partial charge in [0.15, 0.2) is 12.6 Å². The van der Waals surface area contributed by atoms with Gasteiger partial charge in [-0.1, -0.05) is 24.3 Å². The molecule has 3 aromatic carbocycles. The highest BCUT2D eigenvalue weighted by molar-refractivity contribution is 5.98. The fourth-order valence-electron chi connectivity index (χ4n) is 2.36. The highest BCUT2D eigenvalue weighted by Crippen LogP contribution is 2.27. The highest BCUT2D eigenvalue weighted by atomic mass is 16.5. The first-order valence-corrected chi connectivity index (χ1v) is 6.24. The van der Waals surface area contributed by atoms with Crippen molar-refractivity contribution in [3.8, 4) is 0 Å². The molecule has 0 aliphatic carbocycles. The summed E-state index contributed by atoms with van der Waals surface area (Å²) in [6.45, 7) is 0. The number of benzene rings is 3. The maximum Gasteiger partial charge on any atom is 0.178 e. The highest BCUT2D eigenvalue weighted by Gasteiger charge is 2.07. The molecule has 0 atom stereocenters. The van der Waals surface area contributed by atoms with Gasteiger partial charge in [0.2, 0.25) is 0 Å². The van der Waals surface area contributed by atoms with Crippen LogP contribution in [0.2, 0.25) is 0 Å². The first-order chi connectivity index (χ1) is 9.54. The van der Waals surface area contributed by atoms with Crippen LogP contribution >= 0.6 is 0 Å². The van der Waals surface area contributed by atoms with Crippen LogP contribution in [0.5, 0.6) is 0 Å². The van der Waals surface area contributed by atoms with Gasteiger partial charge in [-0.05, 0) is 45.8 Å². The second kappa shape index (κ2) is 4.85. The Hall–Kier alpha value is -1.98. The summed E-state index contributed by atoms with van der Waals surface area (Å²) >= 11 is 0. The predicted octanol–water partition coefficient (Wildman–Crippen LogP) is 1.96. The van der Waals surface area contributed by atoms with Crippen molar-refractivity contribution >= 4 is 21.5 Å². The minimum Gasteiger partial charge on any atom is -0.364 e. The zero-order valence-corrected chi connectivity index (χ0v) is 10.6. The topological polar surface area (TPSA) is 80.9 Å². The molecule has 0 amide bonds. The average molecular weight is 270 g/mol. The number of hydrogen-bond donors (Lipinski definition) is 4. The molecular formula is C16H14O4. The molecule has 0 spiro atoms. The van der Waals surface area contributed by atoms with Gasteiger partial charge in [0.05, 0.1) is 0 Å². The number of aliphatic hydroxyl groups is 4. The van der Waals surface area contributed by atoms with Crippen molar-refractivity contribution in [1.82, 2.24) is 0 Å². The van der Waals surface area contributed by atoms with Crippen LogP contribution in [0.25, 0.3) is 21.5 Å². The van der Waals surface area contributed by atoms with E-state index in [-0.39, 0.29) is 0 Å². The molecule has 0 aromatic heterocycles. The summed E-state index contributed by atoms with van der Waals surface area (Å²) in [4.78, 5) is 0. The van der Waals surface area contributed by atoms with E-state index < -0.39 is 12.6 Å². The smallest absolute Gasteiger partial charge is 0.178 e. The summed E-state index contributed by atoms with van der Waals surface area (Å²) < 4.78 is 0. The SMILES string of the molecule is OC(O)c1ccc2cc3cc(C(O)O)ccc3cc2c1. The van der Waals surface area contributed by atoms with Crippen LogP contribution in [0, 0.1) is 0 Å². The van der Waals surface area contributed by atoms with Gasteiger partial charge in [-0.2, -0.15) is 0 Å². The third kappa shape index (κ3) is 2.26. The Morgan fingerprint density at radius 2 is 0.900 bits per heavy atom. The second-order valence-electron chi connectivity index (χ2n) is 4.81. The molecule has 0 heterocycles. The van der Waals surface area contributed by atoms with Crippen molar-refractivity contribution in [3.63, 3.8) is 0 Å². The fraction of sp³-hybridized carbons (Fsp3) is 0.125. The van der Waals surface area contributed by atoms with E-state index in [0.29, 0.717) is 11.1 Å². The van der Waals surface area contributed by atoms with Crippen LogP contribution < -0.4 is 0 Å². The van der Waals surface area contributed by atoms with Gasteiger partial charge in [-0.15, -0.1) is 0 Å². The summed E-state index contributed by atoms with van der Waals surface area (Å²) in [5.74, 6) is 0. The Balaban J connectivity index is 2.22. The number of aliphatic hydroxyl groups excluding tert-OH is 2. The lowest BCUT2D eigenvalue weighted by atomic mass is 10.00. The summed E-state index contributed by atoms with van der Waals surface area (Å²) in [6.07, 6.45) is -2.97. The van der Waals surface area contributed by atoms with E-state index in [9.17, 15) is 20.4 Å². The van der Waals surface area contributed by atoms with E-state index in [1.165, 1.54) is 0 Å². The van der Waals surface area contributed by atoms with Crippen molar-refractivity contribution in [2.24, 2.45) is 0 Å². The summed E-state index contributed by atoms with van der Waals surface area (Å²) in [5.41, 5.74) is 0.888. The predicted molar refractivity (Wildman–Crippen MR) is 75.8 cm³/mol. The number of hydrogen-bond acceptors (Lipinski definition) is 4. The molecule has 0 radical (unpaired) electrons. The summed E-state index contributed by atoms with van der Waals surface area (Å²) in [7, 11) is 0. The van der Waals surface area contributed by atoms with Crippen molar-refractivity contribution in [1.29, 1.82) is 0 Å². The van der Waals surface area contributed by atoms with Gasteiger partial charge in [-0.3, -0.25) is 0 Å². The maximum atomic E-state index is 9.19. The first-order valence-electron chi connectivity index (χ1n) is 6.24. The molecule has 4 N–H and O–H groups in total. The lowest BCUT2D eigenvalue weighted by molar-refractivity contribution is -0.0429. The number of fused-ring (bicyclic) bond motifs is 2. The van der Waals surface area contributed by atoms with Crippen molar-refractivity contribution in [2.45, 2.75) is 12.6 Å². The van der Waals surface area contributed by atoms with E-state index in [4.69, 9.17) is 0 Å². The molecule has 102 valence electrons. The third-order valence-electron chi connectivity index (χ3n) is 3.44. The Morgan fingerprint density at radius 1 is 0.500 bits per heavy atom. The zero-order chi connectivity index (χ0) is 14.3. The van der Waals surface area contributed by atoms with Crippen LogP contribution in [-0.4, -0.2) is 20.4 Å². The molecular weight excluding hydrogens is 256 g/mol. The van der Waals surface area contributed by atoms with Crippen LogP contribution in [0.4, 0.5) is 0 Å². The van der Waals surface area contributed by atoms with Crippen LogP contribution in [0.3, 0.4) is 0 Å². The van der Waals surface area contributed by atoms with E-state index in [1.807, 2.05) is 24.3 Å². The summed E-state index contributed by atoms with van der Waals surface area (Å²) in [6, 6.07) is 14.3. The van der Waals surface area contributed by atoms with Gasteiger partial charge in [-0.25, -0.2) is 0 Å². The van der Waals surface area contributed by atoms with Crippen molar-refractivity contribution in [3.05, 3.63) is 59.7 Å². The quantitative estimate of drug-likeness (QED) is 0.424. The first kappa shape index (κ1) is 13.0. The molecule has 0 unspecified atom stereocenters. The van der Waals surface area contributed by atoms with Crippen molar-refractivity contribution in [2.75, 3.05) is 0 Å². The molecule has 3 rings (SSSR count). The maximum absolute atomic E-state index is 9.19. The van der Waals surface area contributed by atoms with Gasteiger partial charge in [0, 0.05) is 11.1 Å². The molecule has 20 heavy (non-hydrogen) atoms. The molecule has 0 fully saturated rings. The minimum absolute atomic E-state index is 0.444. The van der Waals surface area contributed by atoms with Crippen molar-refractivity contribution < 1.29 is 20.4 Å². The van der Waals surface area contributed by atoms with Gasteiger partial charge in [0.1, 0.15) is 0 Å². The molecule has 4 heteroatoms. The Morgan fingerprint density at radius 3 is 1.25 bits per heavy atom. The van der Waals surface area contributed by atoms with E-state index in [0.717, 1.165) is 21.5 Å². The third-order valence-corrected chi connectivity index (χ3v) is 3.44. The Labute approximate surface area is 115 Å². The standard InChI is InChI=1S/C16H14O4/c17-15(18)11-3-1-9-5-14-8-12(16(19)20)4-2-10(14)6-13(9)7-11/h1-8,15-20H. The molecule has 3 aromatic rings. The molecule has 0 bridgehead atoms. The summed E-state index contributed by atoms with van der Waals surface area (Å²) in [5, 5.41) is 40.5. The van der Waals surface area contributed by atoms with Crippen LogP contribution in [0.15, 0.2) is 48.5 Å². The molecule has 0 aliphatic heterocycles. The molecule has 0 saturated heterocycles. The van der Waals surface area contributed by atoms with E-state index in [2.05, 4.69) is 0 Å². The molecule has 0 aliphatic rings. The molecule has 0 saturated carbocycles.